The summed E-state index contributed by atoms with van der Waals surface area (Å²) in [6, 6.07) is 0. The number of aryl methyl sites for hydroxylation is 2. The summed E-state index contributed by atoms with van der Waals surface area (Å²) in [4.78, 5) is 15.3. The van der Waals surface area contributed by atoms with Crippen LogP contribution in [-0.4, -0.2) is 14.8 Å². The van der Waals surface area contributed by atoms with Crippen molar-refractivity contribution in [1.29, 1.82) is 0 Å². The summed E-state index contributed by atoms with van der Waals surface area (Å²) in [7, 11) is 1.94. The van der Waals surface area contributed by atoms with Crippen LogP contribution in [0, 0.1) is 0 Å². The van der Waals surface area contributed by atoms with Crippen molar-refractivity contribution >= 4 is 11.0 Å². The van der Waals surface area contributed by atoms with Crippen LogP contribution in [0.15, 0.2) is 4.79 Å². The van der Waals surface area contributed by atoms with Gasteiger partial charge in [0.05, 0.1) is 5.69 Å². The Bertz CT molecular complexity index is 706. The predicted octanol–water partition coefficient (Wildman–Crippen LogP) is 2.41. The lowest BCUT2D eigenvalue weighted by Crippen LogP contribution is -2.16. The zero-order chi connectivity index (χ0) is 13.0. The van der Waals surface area contributed by atoms with Crippen LogP contribution < -0.4 is 5.56 Å². The van der Waals surface area contributed by atoms with E-state index in [0.29, 0.717) is 5.92 Å². The van der Waals surface area contributed by atoms with Gasteiger partial charge >= 0.3 is 0 Å². The number of fused-ring (bicyclic) bond motifs is 3. The maximum absolute atomic E-state index is 12.3. The van der Waals surface area contributed by atoms with E-state index in [-0.39, 0.29) is 5.56 Å². The van der Waals surface area contributed by atoms with Crippen LogP contribution in [0.25, 0.3) is 11.0 Å². The molecule has 0 saturated heterocycles. The number of H-pyrrole nitrogens is 1. The minimum absolute atomic E-state index is 0.106. The molecule has 0 aliphatic heterocycles. The quantitative estimate of drug-likeness (QED) is 0.798. The third-order valence-corrected chi connectivity index (χ3v) is 4.56. The van der Waals surface area contributed by atoms with Crippen molar-refractivity contribution in [3.8, 4) is 0 Å². The van der Waals surface area contributed by atoms with E-state index >= 15 is 0 Å². The monoisotopic (exact) mass is 257 g/mol. The molecule has 0 radical (unpaired) electrons. The lowest BCUT2D eigenvalue weighted by atomic mass is 9.99. The average molecular weight is 257 g/mol. The molecule has 0 atom stereocenters. The Kier molecular flexibility index (Phi) is 2.34. The van der Waals surface area contributed by atoms with E-state index in [1.165, 1.54) is 42.3 Å². The summed E-state index contributed by atoms with van der Waals surface area (Å²) >= 11 is 0. The van der Waals surface area contributed by atoms with Crippen molar-refractivity contribution in [3.05, 3.63) is 27.2 Å². The third-order valence-electron chi connectivity index (χ3n) is 4.56. The van der Waals surface area contributed by atoms with Crippen LogP contribution in [0.5, 0.6) is 0 Å². The van der Waals surface area contributed by atoms with E-state index in [2.05, 4.69) is 10.1 Å². The standard InChI is InChI=1S/C15H19N3O/c1-18-14-12(13(17-18)9-7-8-9)10-5-3-2-4-6-11(10)15(19)16-14/h9H,2-8H2,1H3,(H,16,19). The highest BCUT2D eigenvalue weighted by molar-refractivity contribution is 5.84. The molecule has 2 heterocycles. The molecule has 1 N–H and O–H groups in total. The molecule has 2 aromatic heterocycles. The summed E-state index contributed by atoms with van der Waals surface area (Å²) in [5, 5.41) is 5.94. The van der Waals surface area contributed by atoms with Crippen molar-refractivity contribution in [3.63, 3.8) is 0 Å². The first kappa shape index (κ1) is 11.3. The number of hydrogen-bond acceptors (Lipinski definition) is 2. The molecule has 1 saturated carbocycles. The van der Waals surface area contributed by atoms with Crippen LogP contribution >= 0.6 is 0 Å². The van der Waals surface area contributed by atoms with Gasteiger partial charge in [-0.15, -0.1) is 0 Å². The molecule has 0 unspecified atom stereocenters. The van der Waals surface area contributed by atoms with Gasteiger partial charge in [0, 0.05) is 23.9 Å². The minimum Gasteiger partial charge on any atom is -0.307 e. The first-order valence-corrected chi connectivity index (χ1v) is 7.36. The van der Waals surface area contributed by atoms with Gasteiger partial charge in [0.25, 0.3) is 5.56 Å². The van der Waals surface area contributed by atoms with Crippen LogP contribution in [-0.2, 0) is 19.9 Å². The summed E-state index contributed by atoms with van der Waals surface area (Å²) in [6.45, 7) is 0. The van der Waals surface area contributed by atoms with E-state index in [4.69, 9.17) is 0 Å². The fraction of sp³-hybridized carbons (Fsp3) is 0.600. The molecule has 4 rings (SSSR count). The van der Waals surface area contributed by atoms with Gasteiger partial charge in [0.1, 0.15) is 5.65 Å². The zero-order valence-corrected chi connectivity index (χ0v) is 11.3. The fourth-order valence-electron chi connectivity index (χ4n) is 3.42. The Hall–Kier alpha value is -1.58. The highest BCUT2D eigenvalue weighted by Crippen LogP contribution is 2.43. The molecule has 4 heteroatoms. The van der Waals surface area contributed by atoms with Gasteiger partial charge in [-0.05, 0) is 44.1 Å². The molecule has 2 aliphatic carbocycles. The summed E-state index contributed by atoms with van der Waals surface area (Å²) in [6.07, 6.45) is 8.04. The van der Waals surface area contributed by atoms with Gasteiger partial charge in [-0.25, -0.2) is 0 Å². The highest BCUT2D eigenvalue weighted by atomic mass is 16.1. The number of nitrogens with one attached hydrogen (secondary N) is 1. The second-order valence-corrected chi connectivity index (χ2v) is 5.98. The van der Waals surface area contributed by atoms with Crippen LogP contribution in [0.3, 0.4) is 0 Å². The third kappa shape index (κ3) is 1.66. The summed E-state index contributed by atoms with van der Waals surface area (Å²) in [5.41, 5.74) is 4.58. The molecule has 100 valence electrons. The molecule has 1 fully saturated rings. The van der Waals surface area contributed by atoms with Crippen LogP contribution in [0.4, 0.5) is 0 Å². The lowest BCUT2D eigenvalue weighted by molar-refractivity contribution is 0.710. The van der Waals surface area contributed by atoms with Crippen LogP contribution in [0.2, 0.25) is 0 Å². The molecule has 0 bridgehead atoms. The van der Waals surface area contributed by atoms with Gasteiger partial charge in [-0.2, -0.15) is 5.10 Å². The first-order valence-electron chi connectivity index (χ1n) is 7.36. The Morgan fingerprint density at radius 3 is 2.63 bits per heavy atom. The van der Waals surface area contributed by atoms with Crippen molar-refractivity contribution in [2.75, 3.05) is 0 Å². The molecule has 4 nitrogen and oxygen atoms in total. The highest BCUT2D eigenvalue weighted by Gasteiger charge is 2.31. The first-order chi connectivity index (χ1) is 9.25. The number of rotatable bonds is 1. The normalized spacial score (nSPS) is 19.4. The molecular formula is C15H19N3O. The van der Waals surface area contributed by atoms with Gasteiger partial charge in [0.15, 0.2) is 0 Å². The maximum Gasteiger partial charge on any atom is 0.253 e. The SMILES string of the molecule is Cn1nc(C2CC2)c2c3c(c(=O)[nH]c21)CCCCC3. The Morgan fingerprint density at radius 1 is 1.16 bits per heavy atom. The number of pyridine rings is 1. The smallest absolute Gasteiger partial charge is 0.253 e. The molecule has 0 amide bonds. The lowest BCUT2D eigenvalue weighted by Gasteiger charge is -2.07. The minimum atomic E-state index is 0.106. The van der Waals surface area contributed by atoms with E-state index in [9.17, 15) is 4.79 Å². The predicted molar refractivity (Wildman–Crippen MR) is 74.6 cm³/mol. The second kappa shape index (κ2) is 3.95. The van der Waals surface area contributed by atoms with Gasteiger partial charge in [-0.1, -0.05) is 6.42 Å². The van der Waals surface area contributed by atoms with Crippen molar-refractivity contribution in [2.45, 2.75) is 50.9 Å². The van der Waals surface area contributed by atoms with E-state index < -0.39 is 0 Å². The van der Waals surface area contributed by atoms with Crippen LogP contribution in [0.1, 0.15) is 54.8 Å². The second-order valence-electron chi connectivity index (χ2n) is 5.98. The molecule has 19 heavy (non-hydrogen) atoms. The average Bonchev–Trinajstić information content (AvgIpc) is 3.20. The molecule has 0 aromatic carbocycles. The Morgan fingerprint density at radius 2 is 1.89 bits per heavy atom. The number of aromatic nitrogens is 3. The fourth-order valence-corrected chi connectivity index (χ4v) is 3.42. The maximum atomic E-state index is 12.3. The van der Waals surface area contributed by atoms with Gasteiger partial charge in [-0.3, -0.25) is 9.48 Å². The van der Waals surface area contributed by atoms with Crippen molar-refractivity contribution in [2.24, 2.45) is 7.05 Å². The number of hydrogen-bond donors (Lipinski definition) is 1. The molecule has 0 spiro atoms. The van der Waals surface area contributed by atoms with E-state index in [1.54, 1.807) is 0 Å². The number of nitrogens with zero attached hydrogens (tertiary/aromatic N) is 2. The largest absolute Gasteiger partial charge is 0.307 e. The molecular weight excluding hydrogens is 238 g/mol. The van der Waals surface area contributed by atoms with Gasteiger partial charge < -0.3 is 4.98 Å². The summed E-state index contributed by atoms with van der Waals surface area (Å²) in [5.74, 6) is 0.627. The molecule has 2 aliphatic rings. The Balaban J connectivity index is 2.08. The van der Waals surface area contributed by atoms with E-state index in [0.717, 1.165) is 30.5 Å². The van der Waals surface area contributed by atoms with Crippen molar-refractivity contribution < 1.29 is 0 Å². The topological polar surface area (TPSA) is 50.7 Å². The van der Waals surface area contributed by atoms with E-state index in [1.807, 2.05) is 11.7 Å². The molecule has 2 aromatic rings. The zero-order valence-electron chi connectivity index (χ0n) is 11.3. The number of aromatic amines is 1. The van der Waals surface area contributed by atoms with Crippen molar-refractivity contribution in [1.82, 2.24) is 14.8 Å². The van der Waals surface area contributed by atoms with Gasteiger partial charge in [0.2, 0.25) is 0 Å². The Labute approximate surface area is 111 Å². The summed E-state index contributed by atoms with van der Waals surface area (Å²) < 4.78 is 1.86.